The largest absolute Gasteiger partial charge is 0.293 e. The Bertz CT molecular complexity index is 669. The Morgan fingerprint density at radius 2 is 2.00 bits per heavy atom. The zero-order valence-corrected chi connectivity index (χ0v) is 14.4. The van der Waals surface area contributed by atoms with Crippen molar-refractivity contribution in [1.82, 2.24) is 10.2 Å². The van der Waals surface area contributed by atoms with E-state index in [0.29, 0.717) is 0 Å². The summed E-state index contributed by atoms with van der Waals surface area (Å²) in [6.45, 7) is 1.94. The molecule has 0 aliphatic heterocycles. The highest BCUT2D eigenvalue weighted by Gasteiger charge is 2.20. The summed E-state index contributed by atoms with van der Waals surface area (Å²) in [5.74, 6) is 0.176. The molecule has 0 radical (unpaired) electrons. The zero-order valence-electron chi connectivity index (χ0n) is 12.0. The van der Waals surface area contributed by atoms with Crippen LogP contribution in [0.5, 0.6) is 0 Å². The molecule has 2 aromatic rings. The lowest BCUT2D eigenvalue weighted by molar-refractivity contribution is 0.0994. The van der Waals surface area contributed by atoms with Crippen molar-refractivity contribution >= 4 is 40.6 Å². The maximum absolute atomic E-state index is 12.6. The SMILES string of the molecule is CSc1nnc(S[C@H](C)C(=O)c2ccc3c(c2)CCC3)s1. The van der Waals surface area contributed by atoms with Crippen molar-refractivity contribution in [3.63, 3.8) is 0 Å². The van der Waals surface area contributed by atoms with E-state index in [9.17, 15) is 4.79 Å². The van der Waals surface area contributed by atoms with Gasteiger partial charge >= 0.3 is 0 Å². The monoisotopic (exact) mass is 336 g/mol. The molecule has 0 N–H and O–H groups in total. The molecule has 21 heavy (non-hydrogen) atoms. The number of aryl methyl sites for hydroxylation is 2. The number of fused-ring (bicyclic) bond motifs is 1. The van der Waals surface area contributed by atoms with Crippen molar-refractivity contribution in [3.05, 3.63) is 34.9 Å². The van der Waals surface area contributed by atoms with E-state index < -0.39 is 0 Å². The van der Waals surface area contributed by atoms with Crippen LogP contribution in [0, 0.1) is 0 Å². The molecule has 6 heteroatoms. The predicted octanol–water partition coefficient (Wildman–Crippen LogP) is 4.11. The molecule has 1 aliphatic rings. The lowest BCUT2D eigenvalue weighted by Crippen LogP contribution is -2.13. The summed E-state index contributed by atoms with van der Waals surface area (Å²) < 4.78 is 1.80. The predicted molar refractivity (Wildman–Crippen MR) is 89.8 cm³/mol. The van der Waals surface area contributed by atoms with Gasteiger partial charge in [-0.3, -0.25) is 4.79 Å². The number of rotatable bonds is 5. The van der Waals surface area contributed by atoms with E-state index >= 15 is 0 Å². The highest BCUT2D eigenvalue weighted by atomic mass is 32.2. The van der Waals surface area contributed by atoms with Crippen molar-refractivity contribution in [2.75, 3.05) is 6.26 Å². The molecule has 0 saturated carbocycles. The molecule has 3 nitrogen and oxygen atoms in total. The third-order valence-corrected chi connectivity index (χ3v) is 6.68. The van der Waals surface area contributed by atoms with Crippen LogP contribution in [0.15, 0.2) is 26.9 Å². The molecule has 0 amide bonds. The second-order valence-electron chi connectivity index (χ2n) is 5.00. The minimum absolute atomic E-state index is 0.132. The third-order valence-electron chi connectivity index (χ3n) is 3.59. The first-order chi connectivity index (χ1) is 10.2. The van der Waals surface area contributed by atoms with E-state index in [1.807, 2.05) is 19.2 Å². The second-order valence-corrected chi connectivity index (χ2v) is 8.62. The first-order valence-electron chi connectivity index (χ1n) is 6.87. The second kappa shape index (κ2) is 6.50. The molecule has 1 heterocycles. The van der Waals surface area contributed by atoms with Crippen LogP contribution in [0.3, 0.4) is 0 Å². The third kappa shape index (κ3) is 3.33. The average molecular weight is 337 g/mol. The van der Waals surface area contributed by atoms with Gasteiger partial charge < -0.3 is 0 Å². The molecule has 110 valence electrons. The van der Waals surface area contributed by atoms with Gasteiger partial charge in [0.05, 0.1) is 5.25 Å². The number of Topliss-reactive ketones (excluding diaryl/α,β-unsaturated/α-hetero) is 1. The van der Waals surface area contributed by atoms with Gasteiger partial charge in [0.2, 0.25) is 0 Å². The zero-order chi connectivity index (χ0) is 14.8. The molecular weight excluding hydrogens is 320 g/mol. The van der Waals surface area contributed by atoms with Crippen molar-refractivity contribution in [3.8, 4) is 0 Å². The van der Waals surface area contributed by atoms with Crippen molar-refractivity contribution in [2.24, 2.45) is 0 Å². The molecule has 1 atom stereocenters. The lowest BCUT2D eigenvalue weighted by Gasteiger charge is -2.09. The molecule has 0 unspecified atom stereocenters. The summed E-state index contributed by atoms with van der Waals surface area (Å²) in [4.78, 5) is 12.6. The van der Waals surface area contributed by atoms with E-state index in [1.165, 1.54) is 29.3 Å². The van der Waals surface area contributed by atoms with Crippen LogP contribution in [0.25, 0.3) is 0 Å². The smallest absolute Gasteiger partial charge is 0.175 e. The van der Waals surface area contributed by atoms with E-state index in [-0.39, 0.29) is 11.0 Å². The Labute approximate surface area is 136 Å². The molecular formula is C15H16N2OS3. The van der Waals surface area contributed by atoms with Crippen molar-refractivity contribution in [1.29, 1.82) is 0 Å². The molecule has 0 spiro atoms. The Morgan fingerprint density at radius 3 is 2.76 bits per heavy atom. The number of carbonyl (C=O) groups excluding carboxylic acids is 1. The summed E-state index contributed by atoms with van der Waals surface area (Å²) in [6, 6.07) is 6.16. The van der Waals surface area contributed by atoms with Gasteiger partial charge in [0.1, 0.15) is 0 Å². The fourth-order valence-corrected chi connectivity index (χ4v) is 5.15. The molecule has 1 aliphatic carbocycles. The fraction of sp³-hybridized carbons (Fsp3) is 0.400. The Morgan fingerprint density at radius 1 is 1.24 bits per heavy atom. The van der Waals surface area contributed by atoms with Gasteiger partial charge in [0, 0.05) is 5.56 Å². The minimum Gasteiger partial charge on any atom is -0.293 e. The quantitative estimate of drug-likeness (QED) is 0.607. The number of ketones is 1. The van der Waals surface area contributed by atoms with Crippen LogP contribution in [0.2, 0.25) is 0 Å². The minimum atomic E-state index is -0.132. The number of carbonyl (C=O) groups is 1. The topological polar surface area (TPSA) is 42.9 Å². The van der Waals surface area contributed by atoms with Gasteiger partial charge in [0.25, 0.3) is 0 Å². The standard InChI is InChI=1S/C15H16N2OS3/c1-9(20-15-17-16-14(19-2)21-15)13(18)12-7-6-10-4-3-5-11(10)8-12/h6-9H,3-5H2,1-2H3/t9-/m1/s1. The number of hydrogen-bond donors (Lipinski definition) is 0. The van der Waals surface area contributed by atoms with Gasteiger partial charge in [-0.05, 0) is 49.6 Å². The summed E-state index contributed by atoms with van der Waals surface area (Å²) in [5.41, 5.74) is 3.57. The fourth-order valence-electron chi connectivity index (χ4n) is 2.49. The normalized spacial score (nSPS) is 15.0. The lowest BCUT2D eigenvalue weighted by atomic mass is 10.0. The molecule has 3 rings (SSSR count). The number of nitrogens with zero attached hydrogens (tertiary/aromatic N) is 2. The first kappa shape index (κ1) is 15.1. The van der Waals surface area contributed by atoms with E-state index in [1.54, 1.807) is 23.1 Å². The Balaban J connectivity index is 1.72. The highest BCUT2D eigenvalue weighted by Crippen LogP contribution is 2.32. The highest BCUT2D eigenvalue weighted by molar-refractivity contribution is 8.03. The van der Waals surface area contributed by atoms with Crippen LogP contribution >= 0.6 is 34.9 Å². The Kier molecular flexibility index (Phi) is 4.66. The molecule has 1 aromatic carbocycles. The van der Waals surface area contributed by atoms with Gasteiger partial charge in [-0.25, -0.2) is 0 Å². The number of thioether (sulfide) groups is 2. The van der Waals surface area contributed by atoms with E-state index in [4.69, 9.17) is 0 Å². The molecule has 0 bridgehead atoms. The average Bonchev–Trinajstić information content (AvgIpc) is 3.13. The van der Waals surface area contributed by atoms with Crippen LogP contribution in [-0.2, 0) is 12.8 Å². The van der Waals surface area contributed by atoms with Gasteiger partial charge in [-0.1, -0.05) is 47.0 Å². The van der Waals surface area contributed by atoms with E-state index in [0.717, 1.165) is 27.1 Å². The van der Waals surface area contributed by atoms with Gasteiger partial charge in [0.15, 0.2) is 14.5 Å². The summed E-state index contributed by atoms with van der Waals surface area (Å²) in [5, 5.41) is 8.05. The van der Waals surface area contributed by atoms with Crippen LogP contribution in [0.1, 0.15) is 34.8 Å². The summed E-state index contributed by atoms with van der Waals surface area (Å²) >= 11 is 4.63. The van der Waals surface area contributed by atoms with Crippen molar-refractivity contribution < 1.29 is 4.79 Å². The molecule has 1 aromatic heterocycles. The van der Waals surface area contributed by atoms with Gasteiger partial charge in [-0.2, -0.15) is 0 Å². The summed E-state index contributed by atoms with van der Waals surface area (Å²) in [7, 11) is 0. The molecule has 0 saturated heterocycles. The first-order valence-corrected chi connectivity index (χ1v) is 9.79. The maximum Gasteiger partial charge on any atom is 0.175 e. The van der Waals surface area contributed by atoms with Crippen LogP contribution < -0.4 is 0 Å². The van der Waals surface area contributed by atoms with Gasteiger partial charge in [-0.15, -0.1) is 10.2 Å². The van der Waals surface area contributed by atoms with Crippen LogP contribution in [0.4, 0.5) is 0 Å². The summed E-state index contributed by atoms with van der Waals surface area (Å²) in [6.07, 6.45) is 5.44. The number of benzene rings is 1. The molecule has 0 fully saturated rings. The number of aromatic nitrogens is 2. The van der Waals surface area contributed by atoms with E-state index in [2.05, 4.69) is 22.3 Å². The van der Waals surface area contributed by atoms with Crippen molar-refractivity contribution in [2.45, 2.75) is 40.1 Å². The Hall–Kier alpha value is -0.850. The van der Waals surface area contributed by atoms with Crippen LogP contribution in [-0.4, -0.2) is 27.5 Å². The maximum atomic E-state index is 12.6. The number of hydrogen-bond acceptors (Lipinski definition) is 6.